The number of halogens is 3. The number of fused-ring (bicyclic) bond motifs is 1. The Morgan fingerprint density at radius 2 is 2.00 bits per heavy atom. The van der Waals surface area contributed by atoms with Crippen LogP contribution in [0.2, 0.25) is 0 Å². The Morgan fingerprint density at radius 3 is 2.71 bits per heavy atom. The quantitative estimate of drug-likeness (QED) is 0.605. The van der Waals surface area contributed by atoms with E-state index >= 15 is 0 Å². The number of ether oxygens (including phenoxy) is 1. The Labute approximate surface area is 178 Å². The Hall–Kier alpha value is -2.94. The van der Waals surface area contributed by atoms with E-state index in [-0.39, 0.29) is 11.7 Å². The molecule has 2 atom stereocenters. The third-order valence-corrected chi connectivity index (χ3v) is 5.73. The third-order valence-electron chi connectivity index (χ3n) is 5.73. The van der Waals surface area contributed by atoms with Crippen LogP contribution in [0.4, 0.5) is 24.7 Å². The van der Waals surface area contributed by atoms with Gasteiger partial charge in [-0.15, -0.1) is 5.10 Å². The summed E-state index contributed by atoms with van der Waals surface area (Å²) < 4.78 is 46.2. The minimum absolute atomic E-state index is 0.139. The van der Waals surface area contributed by atoms with E-state index in [9.17, 15) is 13.2 Å². The van der Waals surface area contributed by atoms with Crippen molar-refractivity contribution in [1.82, 2.24) is 15.2 Å². The second kappa shape index (κ2) is 8.66. The van der Waals surface area contributed by atoms with Gasteiger partial charge >= 0.3 is 0 Å². The predicted octanol–water partition coefficient (Wildman–Crippen LogP) is 4.81. The average molecular weight is 431 g/mol. The van der Waals surface area contributed by atoms with Gasteiger partial charge in [-0.3, -0.25) is 4.98 Å². The molecule has 0 spiro atoms. The number of benzene rings is 1. The number of anilines is 2. The van der Waals surface area contributed by atoms with Crippen molar-refractivity contribution in [3.63, 3.8) is 0 Å². The molecule has 1 aliphatic heterocycles. The zero-order valence-corrected chi connectivity index (χ0v) is 17.6. The van der Waals surface area contributed by atoms with Crippen molar-refractivity contribution in [1.29, 1.82) is 0 Å². The van der Waals surface area contributed by atoms with E-state index in [4.69, 9.17) is 4.74 Å². The average Bonchev–Trinajstić information content (AvgIpc) is 3.25. The molecular weight excluding hydrogens is 407 g/mol. The van der Waals surface area contributed by atoms with Gasteiger partial charge in [0.25, 0.3) is 6.43 Å². The van der Waals surface area contributed by atoms with Crippen LogP contribution in [0.15, 0.2) is 30.5 Å². The highest BCUT2D eigenvalue weighted by Crippen LogP contribution is 2.32. The summed E-state index contributed by atoms with van der Waals surface area (Å²) in [5, 5.41) is 12.3. The number of alkyl halides is 2. The van der Waals surface area contributed by atoms with Crippen LogP contribution < -0.4 is 10.2 Å². The monoisotopic (exact) mass is 431 g/mol. The zero-order valence-electron chi connectivity index (χ0n) is 17.6. The first-order chi connectivity index (χ1) is 14.9. The minimum atomic E-state index is -2.88. The summed E-state index contributed by atoms with van der Waals surface area (Å²) in [5.41, 5.74) is 1.80. The second-order valence-corrected chi connectivity index (χ2v) is 7.73. The topological polar surface area (TPSA) is 63.2 Å². The van der Waals surface area contributed by atoms with Crippen molar-refractivity contribution in [2.45, 2.75) is 38.8 Å². The molecule has 164 valence electrons. The summed E-state index contributed by atoms with van der Waals surface area (Å²) in [6.45, 7) is 5.14. The summed E-state index contributed by atoms with van der Waals surface area (Å²) in [6.07, 6.45) is 0.0314. The van der Waals surface area contributed by atoms with Crippen LogP contribution in [0.25, 0.3) is 10.9 Å². The van der Waals surface area contributed by atoms with Crippen molar-refractivity contribution in [3.8, 4) is 0 Å². The molecule has 1 N–H and O–H groups in total. The SMILES string of the molecule is CO[C@@H]1CCN(c2cnc3c(C)nnc(NC(C)c4cccc(C(F)F)c4F)c3c2)C1. The zero-order chi connectivity index (χ0) is 22.1. The van der Waals surface area contributed by atoms with Crippen LogP contribution in [0, 0.1) is 12.7 Å². The van der Waals surface area contributed by atoms with E-state index in [0.29, 0.717) is 17.0 Å². The van der Waals surface area contributed by atoms with Crippen molar-refractivity contribution in [2.75, 3.05) is 30.4 Å². The molecule has 9 heteroatoms. The van der Waals surface area contributed by atoms with Crippen molar-refractivity contribution < 1.29 is 17.9 Å². The molecule has 31 heavy (non-hydrogen) atoms. The number of hydrogen-bond acceptors (Lipinski definition) is 6. The summed E-state index contributed by atoms with van der Waals surface area (Å²) >= 11 is 0. The normalized spacial score (nSPS) is 17.5. The fraction of sp³-hybridized carbons (Fsp3) is 0.409. The first kappa shape index (κ1) is 21.3. The highest BCUT2D eigenvalue weighted by atomic mass is 19.3. The smallest absolute Gasteiger partial charge is 0.266 e. The number of aromatic nitrogens is 3. The molecule has 3 heterocycles. The van der Waals surface area contributed by atoms with Gasteiger partial charge in [-0.2, -0.15) is 5.10 Å². The van der Waals surface area contributed by atoms with Crippen LogP contribution in [-0.4, -0.2) is 41.5 Å². The Morgan fingerprint density at radius 1 is 1.23 bits per heavy atom. The van der Waals surface area contributed by atoms with Gasteiger partial charge < -0.3 is 15.0 Å². The molecule has 1 unspecified atom stereocenters. The van der Waals surface area contributed by atoms with Gasteiger partial charge in [0.05, 0.1) is 40.8 Å². The van der Waals surface area contributed by atoms with Gasteiger partial charge in [-0.1, -0.05) is 18.2 Å². The number of pyridine rings is 1. The number of hydrogen-bond donors (Lipinski definition) is 1. The summed E-state index contributed by atoms with van der Waals surface area (Å²) in [5.74, 6) is -0.491. The lowest BCUT2D eigenvalue weighted by molar-refractivity contribution is 0.121. The fourth-order valence-corrected chi connectivity index (χ4v) is 3.94. The highest BCUT2D eigenvalue weighted by molar-refractivity contribution is 5.92. The molecule has 0 aliphatic carbocycles. The number of rotatable bonds is 6. The lowest BCUT2D eigenvalue weighted by atomic mass is 10.0. The van der Waals surface area contributed by atoms with Gasteiger partial charge in [0.1, 0.15) is 5.82 Å². The molecule has 1 aliphatic rings. The maximum atomic E-state index is 14.6. The molecule has 0 amide bonds. The van der Waals surface area contributed by atoms with Crippen LogP contribution in [0.3, 0.4) is 0 Å². The van der Waals surface area contributed by atoms with Crippen LogP contribution in [0.5, 0.6) is 0 Å². The molecule has 4 rings (SSSR count). The fourth-order valence-electron chi connectivity index (χ4n) is 3.94. The van der Waals surface area contributed by atoms with Crippen LogP contribution in [-0.2, 0) is 4.74 Å². The van der Waals surface area contributed by atoms with Crippen molar-refractivity contribution in [3.05, 3.63) is 53.1 Å². The lowest BCUT2D eigenvalue weighted by Crippen LogP contribution is -2.22. The molecule has 2 aromatic heterocycles. The van der Waals surface area contributed by atoms with Crippen molar-refractivity contribution in [2.24, 2.45) is 0 Å². The van der Waals surface area contributed by atoms with E-state index < -0.39 is 23.8 Å². The summed E-state index contributed by atoms with van der Waals surface area (Å²) in [6, 6.07) is 5.38. The van der Waals surface area contributed by atoms with Gasteiger partial charge in [-0.25, -0.2) is 13.2 Å². The van der Waals surface area contributed by atoms with E-state index in [1.54, 1.807) is 20.2 Å². The molecule has 1 saturated heterocycles. The maximum absolute atomic E-state index is 14.6. The minimum Gasteiger partial charge on any atom is -0.380 e. The maximum Gasteiger partial charge on any atom is 0.266 e. The van der Waals surface area contributed by atoms with Gasteiger partial charge in [0.15, 0.2) is 5.82 Å². The molecule has 1 fully saturated rings. The van der Waals surface area contributed by atoms with E-state index in [1.165, 1.54) is 12.1 Å². The van der Waals surface area contributed by atoms with E-state index in [1.807, 2.05) is 13.0 Å². The van der Waals surface area contributed by atoms with Gasteiger partial charge in [0, 0.05) is 31.1 Å². The molecule has 0 saturated carbocycles. The molecule has 6 nitrogen and oxygen atoms in total. The first-order valence-corrected chi connectivity index (χ1v) is 10.1. The van der Waals surface area contributed by atoms with Gasteiger partial charge in [-0.05, 0) is 26.3 Å². The molecule has 3 aromatic rings. The Balaban J connectivity index is 1.68. The summed E-state index contributed by atoms with van der Waals surface area (Å²) in [4.78, 5) is 6.76. The number of nitrogens with zero attached hydrogens (tertiary/aromatic N) is 4. The predicted molar refractivity (Wildman–Crippen MR) is 113 cm³/mol. The second-order valence-electron chi connectivity index (χ2n) is 7.73. The largest absolute Gasteiger partial charge is 0.380 e. The Bertz CT molecular complexity index is 1090. The molecule has 1 aromatic carbocycles. The number of aryl methyl sites for hydroxylation is 1. The van der Waals surface area contributed by atoms with Crippen LogP contribution in [0.1, 0.15) is 42.6 Å². The standard InChI is InChI=1S/C22H24F3N5O/c1-12(16-5-4-6-17(19(16)23)21(24)25)27-22-18-9-14(30-8-7-15(11-30)31-3)10-26-20(18)13(2)28-29-22/h4-6,9-10,12,15,21H,7-8,11H2,1-3H3,(H,27,29)/t12?,15-/m1/s1. The van der Waals surface area contributed by atoms with Gasteiger partial charge in [0.2, 0.25) is 0 Å². The van der Waals surface area contributed by atoms with E-state index in [2.05, 4.69) is 25.4 Å². The number of nitrogens with one attached hydrogen (secondary N) is 1. The molecule has 0 radical (unpaired) electrons. The number of methoxy groups -OCH3 is 1. The van der Waals surface area contributed by atoms with Crippen LogP contribution >= 0.6 is 0 Å². The first-order valence-electron chi connectivity index (χ1n) is 10.1. The van der Waals surface area contributed by atoms with Crippen molar-refractivity contribution >= 4 is 22.4 Å². The summed E-state index contributed by atoms with van der Waals surface area (Å²) in [7, 11) is 1.71. The lowest BCUT2D eigenvalue weighted by Gasteiger charge is -2.21. The highest BCUT2D eigenvalue weighted by Gasteiger charge is 2.24. The van der Waals surface area contributed by atoms with E-state index in [0.717, 1.165) is 36.7 Å². The Kier molecular flexibility index (Phi) is 5.95. The molecule has 0 bridgehead atoms. The third kappa shape index (κ3) is 4.14. The molecular formula is C22H24F3N5O.